The van der Waals surface area contributed by atoms with Gasteiger partial charge < -0.3 is 9.84 Å². The molecule has 0 radical (unpaired) electrons. The monoisotopic (exact) mass is 172 g/mol. The zero-order chi connectivity index (χ0) is 9.14. The molecule has 0 spiro atoms. The number of cyclic esters (lactones) is 1. The molecule has 1 unspecified atom stereocenters. The van der Waals surface area contributed by atoms with Crippen molar-refractivity contribution in [3.8, 4) is 0 Å². The molecular weight excluding hydrogens is 160 g/mol. The number of carboxylic acids is 1. The summed E-state index contributed by atoms with van der Waals surface area (Å²) in [5, 5.41) is 8.68. The standard InChI is InChI=1S/C8H12O4/c1-2-3-5-4-12-8(11)6(5)7(9)10/h5-6H,2-4H2,1H3,(H,9,10)/t5-,6?/m0/s1. The molecule has 68 valence electrons. The molecule has 1 aliphatic rings. The van der Waals surface area contributed by atoms with Crippen molar-refractivity contribution < 1.29 is 19.4 Å². The van der Waals surface area contributed by atoms with Gasteiger partial charge in [0.2, 0.25) is 0 Å². The second-order valence-electron chi connectivity index (χ2n) is 2.99. The fourth-order valence-corrected chi connectivity index (χ4v) is 1.49. The molecule has 0 aliphatic carbocycles. The lowest BCUT2D eigenvalue weighted by Gasteiger charge is -2.08. The van der Waals surface area contributed by atoms with Crippen LogP contribution in [0.15, 0.2) is 0 Å². The highest BCUT2D eigenvalue weighted by Gasteiger charge is 2.41. The van der Waals surface area contributed by atoms with Crippen molar-refractivity contribution in [1.29, 1.82) is 0 Å². The van der Waals surface area contributed by atoms with E-state index >= 15 is 0 Å². The first kappa shape index (κ1) is 9.03. The minimum Gasteiger partial charge on any atom is -0.481 e. The Morgan fingerprint density at radius 3 is 2.92 bits per heavy atom. The maximum Gasteiger partial charge on any atom is 0.320 e. The highest BCUT2D eigenvalue weighted by Crippen LogP contribution is 2.26. The van der Waals surface area contributed by atoms with Gasteiger partial charge >= 0.3 is 11.9 Å². The smallest absolute Gasteiger partial charge is 0.320 e. The SMILES string of the molecule is CCC[C@H]1COC(=O)C1C(=O)O. The van der Waals surface area contributed by atoms with Crippen molar-refractivity contribution in [1.82, 2.24) is 0 Å². The van der Waals surface area contributed by atoms with Crippen LogP contribution in [0.3, 0.4) is 0 Å². The molecule has 1 fully saturated rings. The summed E-state index contributed by atoms with van der Waals surface area (Å²) in [7, 11) is 0. The number of ether oxygens (including phenoxy) is 1. The van der Waals surface area contributed by atoms with Crippen molar-refractivity contribution >= 4 is 11.9 Å². The predicted octanol–water partition coefficient (Wildman–Crippen LogP) is 0.660. The van der Waals surface area contributed by atoms with Crippen molar-refractivity contribution in [3.63, 3.8) is 0 Å². The zero-order valence-corrected chi connectivity index (χ0v) is 6.95. The molecule has 1 saturated heterocycles. The minimum atomic E-state index is -1.06. The predicted molar refractivity (Wildman–Crippen MR) is 40.5 cm³/mol. The number of esters is 1. The molecular formula is C8H12O4. The third-order valence-corrected chi connectivity index (χ3v) is 2.09. The number of carboxylic acid groups (broad SMARTS) is 1. The number of rotatable bonds is 3. The first-order valence-corrected chi connectivity index (χ1v) is 4.06. The van der Waals surface area contributed by atoms with Crippen LogP contribution in [0.4, 0.5) is 0 Å². The largest absolute Gasteiger partial charge is 0.481 e. The molecule has 0 aromatic rings. The Morgan fingerprint density at radius 1 is 1.75 bits per heavy atom. The molecule has 1 aliphatic heterocycles. The summed E-state index contributed by atoms with van der Waals surface area (Å²) >= 11 is 0. The Bertz CT molecular complexity index is 199. The van der Waals surface area contributed by atoms with Gasteiger partial charge in [-0.3, -0.25) is 9.59 Å². The van der Waals surface area contributed by atoms with Crippen molar-refractivity contribution in [2.45, 2.75) is 19.8 Å². The fraction of sp³-hybridized carbons (Fsp3) is 0.750. The molecule has 0 amide bonds. The number of carbonyl (C=O) groups is 2. The van der Waals surface area contributed by atoms with Crippen molar-refractivity contribution in [2.24, 2.45) is 11.8 Å². The summed E-state index contributed by atoms with van der Waals surface area (Å²) in [6.45, 7) is 2.23. The highest BCUT2D eigenvalue weighted by molar-refractivity contribution is 5.95. The maximum absolute atomic E-state index is 10.9. The summed E-state index contributed by atoms with van der Waals surface area (Å²) < 4.78 is 4.67. The molecule has 0 saturated carbocycles. The fourth-order valence-electron chi connectivity index (χ4n) is 1.49. The van der Waals surface area contributed by atoms with Crippen LogP contribution in [0.5, 0.6) is 0 Å². The van der Waals surface area contributed by atoms with E-state index in [1.807, 2.05) is 6.92 Å². The Labute approximate surface area is 70.5 Å². The number of hydrogen-bond donors (Lipinski definition) is 1. The summed E-state index contributed by atoms with van der Waals surface area (Å²) in [5.41, 5.74) is 0. The molecule has 4 heteroatoms. The Hall–Kier alpha value is -1.06. The lowest BCUT2D eigenvalue weighted by atomic mass is 9.92. The van der Waals surface area contributed by atoms with E-state index in [2.05, 4.69) is 4.74 Å². The summed E-state index contributed by atoms with van der Waals surface area (Å²) in [5.74, 6) is -2.69. The summed E-state index contributed by atoms with van der Waals surface area (Å²) in [4.78, 5) is 21.5. The van der Waals surface area contributed by atoms with E-state index in [-0.39, 0.29) is 12.5 Å². The van der Waals surface area contributed by atoms with Gasteiger partial charge in [-0.15, -0.1) is 0 Å². The number of hydrogen-bond acceptors (Lipinski definition) is 3. The van der Waals surface area contributed by atoms with Crippen LogP contribution in [0.2, 0.25) is 0 Å². The van der Waals surface area contributed by atoms with Crippen LogP contribution >= 0.6 is 0 Å². The molecule has 4 nitrogen and oxygen atoms in total. The van der Waals surface area contributed by atoms with Crippen LogP contribution in [0, 0.1) is 11.8 Å². The normalized spacial score (nSPS) is 28.6. The Balaban J connectivity index is 2.63. The van der Waals surface area contributed by atoms with Crippen LogP contribution < -0.4 is 0 Å². The zero-order valence-electron chi connectivity index (χ0n) is 6.95. The van der Waals surface area contributed by atoms with Crippen LogP contribution in [-0.2, 0) is 14.3 Å². The lowest BCUT2D eigenvalue weighted by molar-refractivity contribution is -0.152. The third-order valence-electron chi connectivity index (χ3n) is 2.09. The van der Waals surface area contributed by atoms with Crippen molar-refractivity contribution in [2.75, 3.05) is 6.61 Å². The minimum absolute atomic E-state index is 0.125. The second-order valence-corrected chi connectivity index (χ2v) is 2.99. The van der Waals surface area contributed by atoms with Crippen LogP contribution in [0.1, 0.15) is 19.8 Å². The van der Waals surface area contributed by atoms with Crippen LogP contribution in [-0.4, -0.2) is 23.7 Å². The van der Waals surface area contributed by atoms with Gasteiger partial charge in [-0.1, -0.05) is 13.3 Å². The topological polar surface area (TPSA) is 63.6 Å². The number of carbonyl (C=O) groups excluding carboxylic acids is 1. The van der Waals surface area contributed by atoms with E-state index in [9.17, 15) is 9.59 Å². The third kappa shape index (κ3) is 1.57. The molecule has 12 heavy (non-hydrogen) atoms. The van der Waals surface area contributed by atoms with Gasteiger partial charge in [0.15, 0.2) is 5.92 Å². The van der Waals surface area contributed by atoms with Gasteiger partial charge in [-0.2, -0.15) is 0 Å². The molecule has 1 heterocycles. The van der Waals surface area contributed by atoms with Gasteiger partial charge in [-0.25, -0.2) is 0 Å². The van der Waals surface area contributed by atoms with Crippen LogP contribution in [0.25, 0.3) is 0 Å². The van der Waals surface area contributed by atoms with Gasteiger partial charge in [0.25, 0.3) is 0 Å². The maximum atomic E-state index is 10.9. The highest BCUT2D eigenvalue weighted by atomic mass is 16.5. The Kier molecular flexibility index (Phi) is 2.68. The summed E-state index contributed by atoms with van der Waals surface area (Å²) in [6, 6.07) is 0. The first-order chi connectivity index (χ1) is 5.66. The molecule has 1 rings (SSSR count). The van der Waals surface area contributed by atoms with Gasteiger partial charge in [0.1, 0.15) is 0 Å². The molecule has 0 aromatic heterocycles. The van der Waals surface area contributed by atoms with E-state index in [4.69, 9.17) is 5.11 Å². The Morgan fingerprint density at radius 2 is 2.42 bits per heavy atom. The molecule has 0 bridgehead atoms. The van der Waals surface area contributed by atoms with Gasteiger partial charge in [0, 0.05) is 5.92 Å². The first-order valence-electron chi connectivity index (χ1n) is 4.06. The quantitative estimate of drug-likeness (QED) is 0.501. The lowest BCUT2D eigenvalue weighted by Crippen LogP contribution is -2.25. The molecule has 1 N–H and O–H groups in total. The summed E-state index contributed by atoms with van der Waals surface area (Å²) in [6.07, 6.45) is 1.62. The van der Waals surface area contributed by atoms with E-state index in [1.165, 1.54) is 0 Å². The van der Waals surface area contributed by atoms with Gasteiger partial charge in [-0.05, 0) is 6.42 Å². The van der Waals surface area contributed by atoms with Crippen molar-refractivity contribution in [3.05, 3.63) is 0 Å². The number of aliphatic carboxylic acids is 1. The average molecular weight is 172 g/mol. The van der Waals surface area contributed by atoms with Gasteiger partial charge in [0.05, 0.1) is 6.61 Å². The van der Waals surface area contributed by atoms with E-state index in [0.717, 1.165) is 12.8 Å². The second kappa shape index (κ2) is 3.56. The molecule has 2 atom stereocenters. The van der Waals surface area contributed by atoms with E-state index in [0.29, 0.717) is 0 Å². The van der Waals surface area contributed by atoms with E-state index < -0.39 is 17.9 Å². The van der Waals surface area contributed by atoms with E-state index in [1.54, 1.807) is 0 Å². The average Bonchev–Trinajstić information content (AvgIpc) is 2.32. The molecule has 0 aromatic carbocycles.